The molecule has 1 aromatic rings. The number of carbonyl (C=O) groups is 2. The molecule has 0 bridgehead atoms. The Morgan fingerprint density at radius 2 is 2.00 bits per heavy atom. The number of amides is 2. The number of rotatable bonds is 6. The van der Waals surface area contributed by atoms with Crippen molar-refractivity contribution in [2.75, 3.05) is 0 Å². The monoisotopic (exact) mass is 322 g/mol. The maximum Gasteiger partial charge on any atom is 0.238 e. The van der Waals surface area contributed by atoms with Gasteiger partial charge >= 0.3 is 0 Å². The number of nitrogens with one attached hydrogen (secondary N) is 3. The SMILES string of the molecule is CC(SCc1ccccc1)C(=O)NC1C(C)NNC1C(N)=O. The van der Waals surface area contributed by atoms with Crippen LogP contribution in [-0.4, -0.2) is 35.2 Å². The van der Waals surface area contributed by atoms with Crippen LogP contribution in [0.3, 0.4) is 0 Å². The van der Waals surface area contributed by atoms with Crippen molar-refractivity contribution in [2.24, 2.45) is 5.73 Å². The van der Waals surface area contributed by atoms with E-state index in [0.717, 1.165) is 5.75 Å². The lowest BCUT2D eigenvalue weighted by Crippen LogP contribution is -2.54. The quantitative estimate of drug-likeness (QED) is 0.598. The normalized spacial score (nSPS) is 25.6. The van der Waals surface area contributed by atoms with Crippen LogP contribution in [0.15, 0.2) is 30.3 Å². The second-order valence-electron chi connectivity index (χ2n) is 5.43. The third-order valence-electron chi connectivity index (χ3n) is 3.69. The van der Waals surface area contributed by atoms with E-state index in [9.17, 15) is 9.59 Å². The van der Waals surface area contributed by atoms with Crippen molar-refractivity contribution in [1.29, 1.82) is 0 Å². The number of hydrogen-bond acceptors (Lipinski definition) is 5. The Kier molecular flexibility index (Phi) is 5.82. The number of benzene rings is 1. The average molecular weight is 322 g/mol. The first kappa shape index (κ1) is 16.8. The number of thioether (sulfide) groups is 1. The van der Waals surface area contributed by atoms with Gasteiger partial charge in [0.1, 0.15) is 6.04 Å². The first-order valence-corrected chi connectivity index (χ1v) is 8.30. The Morgan fingerprint density at radius 1 is 1.32 bits per heavy atom. The van der Waals surface area contributed by atoms with Crippen molar-refractivity contribution in [3.05, 3.63) is 35.9 Å². The summed E-state index contributed by atoms with van der Waals surface area (Å²) in [6.07, 6.45) is 0. The highest BCUT2D eigenvalue weighted by atomic mass is 32.2. The van der Waals surface area contributed by atoms with E-state index in [-0.39, 0.29) is 23.2 Å². The molecule has 7 heteroatoms. The van der Waals surface area contributed by atoms with E-state index in [1.54, 1.807) is 11.8 Å². The van der Waals surface area contributed by atoms with Gasteiger partial charge in [0.05, 0.1) is 11.3 Å². The molecule has 1 aromatic carbocycles. The molecule has 5 N–H and O–H groups in total. The third-order valence-corrected chi connectivity index (χ3v) is 4.91. The Bertz CT molecular complexity index is 526. The number of primary amides is 1. The Labute approximate surface area is 134 Å². The highest BCUT2D eigenvalue weighted by Gasteiger charge is 2.38. The number of hydrazine groups is 1. The first-order valence-electron chi connectivity index (χ1n) is 7.25. The molecule has 2 rings (SSSR count). The van der Waals surface area contributed by atoms with E-state index >= 15 is 0 Å². The molecule has 0 aromatic heterocycles. The highest BCUT2D eigenvalue weighted by Crippen LogP contribution is 2.18. The fourth-order valence-electron chi connectivity index (χ4n) is 2.30. The topological polar surface area (TPSA) is 96.2 Å². The summed E-state index contributed by atoms with van der Waals surface area (Å²) in [5, 5.41) is 2.70. The maximum absolute atomic E-state index is 12.3. The molecule has 1 aliphatic heterocycles. The second-order valence-corrected chi connectivity index (χ2v) is 6.76. The highest BCUT2D eigenvalue weighted by molar-refractivity contribution is 7.99. The van der Waals surface area contributed by atoms with Crippen molar-refractivity contribution in [3.63, 3.8) is 0 Å². The summed E-state index contributed by atoms with van der Waals surface area (Å²) in [5.41, 5.74) is 12.3. The fraction of sp³-hybridized carbons (Fsp3) is 0.467. The van der Waals surface area contributed by atoms with Gasteiger partial charge in [0.2, 0.25) is 11.8 Å². The van der Waals surface area contributed by atoms with Crippen LogP contribution >= 0.6 is 11.8 Å². The maximum atomic E-state index is 12.3. The van der Waals surface area contributed by atoms with Gasteiger partial charge in [0.15, 0.2) is 0 Å². The zero-order valence-electron chi connectivity index (χ0n) is 12.7. The Hall–Kier alpha value is -1.57. The molecule has 0 radical (unpaired) electrons. The first-order chi connectivity index (χ1) is 10.5. The minimum Gasteiger partial charge on any atom is -0.368 e. The van der Waals surface area contributed by atoms with E-state index < -0.39 is 11.9 Å². The van der Waals surface area contributed by atoms with E-state index in [4.69, 9.17) is 5.73 Å². The summed E-state index contributed by atoms with van der Waals surface area (Å²) in [4.78, 5) is 23.7. The summed E-state index contributed by atoms with van der Waals surface area (Å²) < 4.78 is 0. The summed E-state index contributed by atoms with van der Waals surface area (Å²) in [5.74, 6) is 0.201. The van der Waals surface area contributed by atoms with Gasteiger partial charge in [-0.25, -0.2) is 5.43 Å². The summed E-state index contributed by atoms with van der Waals surface area (Å²) in [6, 6.07) is 9.00. The second kappa shape index (κ2) is 7.62. The van der Waals surface area contributed by atoms with Gasteiger partial charge in [-0.15, -0.1) is 11.8 Å². The van der Waals surface area contributed by atoms with E-state index in [1.165, 1.54) is 5.56 Å². The standard InChI is InChI=1S/C15H22N4O2S/c1-9-12(13(14(16)20)19-18-9)17-15(21)10(2)22-8-11-6-4-3-5-7-11/h3-7,9-10,12-13,18-19H,8H2,1-2H3,(H2,16,20)(H,17,21). The molecule has 1 aliphatic rings. The van der Waals surface area contributed by atoms with Crippen LogP contribution in [0.5, 0.6) is 0 Å². The van der Waals surface area contributed by atoms with Crippen LogP contribution in [0.1, 0.15) is 19.4 Å². The molecular weight excluding hydrogens is 300 g/mol. The van der Waals surface area contributed by atoms with Crippen LogP contribution in [0.4, 0.5) is 0 Å². The van der Waals surface area contributed by atoms with Crippen LogP contribution in [-0.2, 0) is 15.3 Å². The van der Waals surface area contributed by atoms with Crippen LogP contribution in [0.25, 0.3) is 0 Å². The van der Waals surface area contributed by atoms with E-state index in [0.29, 0.717) is 0 Å². The fourth-order valence-corrected chi connectivity index (χ4v) is 3.15. The minimum absolute atomic E-state index is 0.0622. The zero-order chi connectivity index (χ0) is 16.1. The lowest BCUT2D eigenvalue weighted by molar-refractivity contribution is -0.122. The van der Waals surface area contributed by atoms with Crippen molar-refractivity contribution in [2.45, 2.75) is 43.0 Å². The predicted octanol–water partition coefficient (Wildman–Crippen LogP) is 0.143. The molecule has 2 amide bonds. The molecule has 1 fully saturated rings. The Morgan fingerprint density at radius 3 is 2.64 bits per heavy atom. The minimum atomic E-state index is -0.592. The van der Waals surface area contributed by atoms with Gasteiger partial charge in [-0.2, -0.15) is 0 Å². The van der Waals surface area contributed by atoms with Crippen LogP contribution in [0, 0.1) is 0 Å². The summed E-state index contributed by atoms with van der Waals surface area (Å²) >= 11 is 1.56. The van der Waals surface area contributed by atoms with Crippen molar-refractivity contribution >= 4 is 23.6 Å². The molecule has 1 heterocycles. The number of hydrogen-bond donors (Lipinski definition) is 4. The van der Waals surface area contributed by atoms with E-state index in [2.05, 4.69) is 16.2 Å². The van der Waals surface area contributed by atoms with Crippen molar-refractivity contribution in [3.8, 4) is 0 Å². The van der Waals surface area contributed by atoms with E-state index in [1.807, 2.05) is 44.2 Å². The van der Waals surface area contributed by atoms with Gasteiger partial charge in [0, 0.05) is 11.8 Å². The summed E-state index contributed by atoms with van der Waals surface area (Å²) in [7, 11) is 0. The lowest BCUT2D eigenvalue weighted by Gasteiger charge is -2.22. The van der Waals surface area contributed by atoms with Gasteiger partial charge in [-0.3, -0.25) is 15.0 Å². The Balaban J connectivity index is 1.86. The molecule has 120 valence electrons. The van der Waals surface area contributed by atoms with Crippen molar-refractivity contribution in [1.82, 2.24) is 16.2 Å². The predicted molar refractivity (Wildman–Crippen MR) is 87.8 cm³/mol. The smallest absolute Gasteiger partial charge is 0.238 e. The molecule has 4 atom stereocenters. The molecule has 6 nitrogen and oxygen atoms in total. The van der Waals surface area contributed by atoms with Gasteiger partial charge < -0.3 is 11.1 Å². The lowest BCUT2D eigenvalue weighted by atomic mass is 10.0. The molecule has 0 spiro atoms. The largest absolute Gasteiger partial charge is 0.368 e. The molecule has 22 heavy (non-hydrogen) atoms. The molecule has 0 aliphatic carbocycles. The van der Waals surface area contributed by atoms with Crippen LogP contribution < -0.4 is 21.9 Å². The van der Waals surface area contributed by atoms with Crippen LogP contribution in [0.2, 0.25) is 0 Å². The molecule has 4 unspecified atom stereocenters. The van der Waals surface area contributed by atoms with Gasteiger partial charge in [-0.05, 0) is 19.4 Å². The molecule has 0 saturated carbocycles. The number of nitrogens with two attached hydrogens (primary N) is 1. The van der Waals surface area contributed by atoms with Gasteiger partial charge in [-0.1, -0.05) is 30.3 Å². The zero-order valence-corrected chi connectivity index (χ0v) is 13.5. The van der Waals surface area contributed by atoms with Crippen molar-refractivity contribution < 1.29 is 9.59 Å². The molecular formula is C15H22N4O2S. The third kappa shape index (κ3) is 4.22. The number of carbonyl (C=O) groups excluding carboxylic acids is 2. The molecule has 1 saturated heterocycles. The average Bonchev–Trinajstić information content (AvgIpc) is 2.87. The van der Waals surface area contributed by atoms with Gasteiger partial charge in [0.25, 0.3) is 0 Å². The summed E-state index contributed by atoms with van der Waals surface area (Å²) in [6.45, 7) is 3.76.